The molecule has 1 aliphatic rings. The highest BCUT2D eigenvalue weighted by molar-refractivity contribution is 5.58. The summed E-state index contributed by atoms with van der Waals surface area (Å²) in [4.78, 5) is 11.2. The predicted molar refractivity (Wildman–Crippen MR) is 96.7 cm³/mol. The predicted octanol–water partition coefficient (Wildman–Crippen LogP) is 4.11. The maximum Gasteiger partial charge on any atom is 0.159 e. The van der Waals surface area contributed by atoms with Crippen molar-refractivity contribution in [3.8, 4) is 11.4 Å². The lowest BCUT2D eigenvalue weighted by Gasteiger charge is -2.18. The molecule has 0 saturated carbocycles. The number of hydrogen-bond acceptors (Lipinski definition) is 3. The lowest BCUT2D eigenvalue weighted by molar-refractivity contribution is 0.328. The molecule has 0 spiro atoms. The summed E-state index contributed by atoms with van der Waals surface area (Å²) in [5.74, 6) is 1.25. The van der Waals surface area contributed by atoms with Gasteiger partial charge in [-0.1, -0.05) is 42.5 Å². The minimum Gasteiger partial charge on any atom is -0.302 e. The summed E-state index contributed by atoms with van der Waals surface area (Å²) >= 11 is 0. The molecule has 0 aliphatic carbocycles. The van der Waals surface area contributed by atoms with Crippen LogP contribution >= 0.6 is 0 Å². The standard InChI is InChI=1S/C21H21N3/c1-24-13-10-20(16-6-3-2-4-7-16)19-9-8-17(14-18(19)15-24)21-22-11-5-12-23-21/h2-9,11-12,14,20H,10,13,15H2,1H3. The van der Waals surface area contributed by atoms with E-state index in [1.165, 1.54) is 16.7 Å². The monoisotopic (exact) mass is 315 g/mol. The molecule has 2 heterocycles. The summed E-state index contributed by atoms with van der Waals surface area (Å²) in [5, 5.41) is 0. The van der Waals surface area contributed by atoms with Crippen molar-refractivity contribution < 1.29 is 0 Å². The maximum absolute atomic E-state index is 4.39. The summed E-state index contributed by atoms with van der Waals surface area (Å²) in [5.41, 5.74) is 5.31. The van der Waals surface area contributed by atoms with Crippen molar-refractivity contribution in [2.45, 2.75) is 18.9 Å². The highest BCUT2D eigenvalue weighted by Gasteiger charge is 2.22. The number of nitrogens with zero attached hydrogens (tertiary/aromatic N) is 3. The Morgan fingerprint density at radius 1 is 0.958 bits per heavy atom. The topological polar surface area (TPSA) is 29.0 Å². The van der Waals surface area contributed by atoms with Crippen molar-refractivity contribution in [1.82, 2.24) is 14.9 Å². The molecule has 0 radical (unpaired) electrons. The van der Waals surface area contributed by atoms with Crippen molar-refractivity contribution in [3.63, 3.8) is 0 Å². The van der Waals surface area contributed by atoms with Crippen LogP contribution < -0.4 is 0 Å². The van der Waals surface area contributed by atoms with Crippen LogP contribution in [0.4, 0.5) is 0 Å². The number of rotatable bonds is 2. The second-order valence-electron chi connectivity index (χ2n) is 6.48. The first-order valence-electron chi connectivity index (χ1n) is 8.45. The zero-order valence-corrected chi connectivity index (χ0v) is 13.9. The molecule has 1 aromatic heterocycles. The molecular formula is C21H21N3. The summed E-state index contributed by atoms with van der Waals surface area (Å²) < 4.78 is 0. The quantitative estimate of drug-likeness (QED) is 0.712. The molecule has 1 aliphatic heterocycles. The van der Waals surface area contributed by atoms with E-state index < -0.39 is 0 Å². The largest absolute Gasteiger partial charge is 0.302 e. The van der Waals surface area contributed by atoms with Gasteiger partial charge in [0.05, 0.1) is 0 Å². The Balaban J connectivity index is 1.79. The molecule has 0 amide bonds. The van der Waals surface area contributed by atoms with Crippen LogP contribution in [0.1, 0.15) is 29.0 Å². The van der Waals surface area contributed by atoms with Crippen LogP contribution in [0.5, 0.6) is 0 Å². The average molecular weight is 315 g/mol. The molecular weight excluding hydrogens is 294 g/mol. The molecule has 1 unspecified atom stereocenters. The molecule has 120 valence electrons. The van der Waals surface area contributed by atoms with Gasteiger partial charge in [0.15, 0.2) is 5.82 Å². The normalized spacial score (nSPS) is 18.0. The molecule has 0 saturated heterocycles. The van der Waals surface area contributed by atoms with Gasteiger partial charge in [0.1, 0.15) is 0 Å². The molecule has 4 rings (SSSR count). The molecule has 3 heteroatoms. The zero-order valence-electron chi connectivity index (χ0n) is 13.9. The summed E-state index contributed by atoms with van der Waals surface area (Å²) in [6, 6.07) is 19.4. The van der Waals surface area contributed by atoms with Gasteiger partial charge < -0.3 is 4.90 Å². The fraction of sp³-hybridized carbons (Fsp3) is 0.238. The van der Waals surface area contributed by atoms with Crippen molar-refractivity contribution in [1.29, 1.82) is 0 Å². The van der Waals surface area contributed by atoms with Gasteiger partial charge in [0, 0.05) is 30.4 Å². The summed E-state index contributed by atoms with van der Waals surface area (Å²) in [6.45, 7) is 2.07. The smallest absolute Gasteiger partial charge is 0.159 e. The van der Waals surface area contributed by atoms with E-state index in [9.17, 15) is 0 Å². The van der Waals surface area contributed by atoms with E-state index in [0.29, 0.717) is 5.92 Å². The van der Waals surface area contributed by atoms with E-state index in [4.69, 9.17) is 0 Å². The second kappa shape index (κ2) is 6.54. The minimum absolute atomic E-state index is 0.455. The lowest BCUT2D eigenvalue weighted by atomic mass is 9.86. The van der Waals surface area contributed by atoms with Crippen LogP contribution in [0.15, 0.2) is 67.0 Å². The molecule has 0 N–H and O–H groups in total. The first-order valence-corrected chi connectivity index (χ1v) is 8.45. The van der Waals surface area contributed by atoms with Crippen LogP contribution in [0.2, 0.25) is 0 Å². The van der Waals surface area contributed by atoms with E-state index in [0.717, 1.165) is 30.9 Å². The Morgan fingerprint density at radius 2 is 1.75 bits per heavy atom. The maximum atomic E-state index is 4.39. The zero-order chi connectivity index (χ0) is 16.4. The Labute approximate surface area is 143 Å². The minimum atomic E-state index is 0.455. The third-order valence-electron chi connectivity index (χ3n) is 4.78. The van der Waals surface area contributed by atoms with E-state index in [1.54, 1.807) is 12.4 Å². The molecule has 2 aromatic carbocycles. The molecule has 3 aromatic rings. The van der Waals surface area contributed by atoms with Gasteiger partial charge in [-0.3, -0.25) is 0 Å². The number of fused-ring (bicyclic) bond motifs is 1. The van der Waals surface area contributed by atoms with Gasteiger partial charge >= 0.3 is 0 Å². The van der Waals surface area contributed by atoms with Gasteiger partial charge in [0.25, 0.3) is 0 Å². The van der Waals surface area contributed by atoms with Gasteiger partial charge in [0.2, 0.25) is 0 Å². The number of aromatic nitrogens is 2. The highest BCUT2D eigenvalue weighted by atomic mass is 15.1. The summed E-state index contributed by atoms with van der Waals surface area (Å²) in [7, 11) is 2.20. The van der Waals surface area contributed by atoms with Crippen LogP contribution in [-0.4, -0.2) is 28.5 Å². The Morgan fingerprint density at radius 3 is 2.54 bits per heavy atom. The fourth-order valence-electron chi connectivity index (χ4n) is 3.58. The van der Waals surface area contributed by atoms with Gasteiger partial charge in [-0.25, -0.2) is 9.97 Å². The van der Waals surface area contributed by atoms with Crippen LogP contribution in [0, 0.1) is 0 Å². The third kappa shape index (κ3) is 2.95. The molecule has 1 atom stereocenters. The third-order valence-corrected chi connectivity index (χ3v) is 4.78. The first-order chi connectivity index (χ1) is 11.8. The lowest BCUT2D eigenvalue weighted by Crippen LogP contribution is -2.17. The van der Waals surface area contributed by atoms with E-state index in [-0.39, 0.29) is 0 Å². The fourth-order valence-corrected chi connectivity index (χ4v) is 3.58. The molecule has 3 nitrogen and oxygen atoms in total. The van der Waals surface area contributed by atoms with Crippen molar-refractivity contribution in [2.75, 3.05) is 13.6 Å². The van der Waals surface area contributed by atoms with E-state index >= 15 is 0 Å². The highest BCUT2D eigenvalue weighted by Crippen LogP contribution is 2.35. The first kappa shape index (κ1) is 15.0. The average Bonchev–Trinajstić information content (AvgIpc) is 2.80. The number of benzene rings is 2. The Bertz CT molecular complexity index is 815. The molecule has 0 fully saturated rings. The van der Waals surface area contributed by atoms with Gasteiger partial charge in [-0.15, -0.1) is 0 Å². The van der Waals surface area contributed by atoms with Crippen LogP contribution in [0.25, 0.3) is 11.4 Å². The molecule has 0 bridgehead atoms. The van der Waals surface area contributed by atoms with Crippen LogP contribution in [-0.2, 0) is 6.54 Å². The Kier molecular flexibility index (Phi) is 4.09. The number of hydrogen-bond donors (Lipinski definition) is 0. The van der Waals surface area contributed by atoms with Gasteiger partial charge in [-0.05, 0) is 48.8 Å². The Hall–Kier alpha value is -2.52. The van der Waals surface area contributed by atoms with E-state index in [1.807, 2.05) is 6.07 Å². The van der Waals surface area contributed by atoms with Crippen molar-refractivity contribution in [2.24, 2.45) is 0 Å². The van der Waals surface area contributed by atoms with Crippen LogP contribution in [0.3, 0.4) is 0 Å². The van der Waals surface area contributed by atoms with E-state index in [2.05, 4.69) is 70.4 Å². The van der Waals surface area contributed by atoms with Gasteiger partial charge in [-0.2, -0.15) is 0 Å². The SMILES string of the molecule is CN1CCC(c2ccccc2)c2ccc(-c3ncccn3)cc2C1. The molecule has 24 heavy (non-hydrogen) atoms. The van der Waals surface area contributed by atoms with Crippen molar-refractivity contribution in [3.05, 3.63) is 83.7 Å². The second-order valence-corrected chi connectivity index (χ2v) is 6.48. The van der Waals surface area contributed by atoms with Crippen molar-refractivity contribution >= 4 is 0 Å². The summed E-state index contributed by atoms with van der Waals surface area (Å²) in [6.07, 6.45) is 4.74.